The fraction of sp³-hybridized carbons (Fsp3) is 0.862. The molecule has 6 aliphatic heterocycles. The molecule has 0 radical (unpaired) electrons. The number of nitrogens with one attached hydrogen (secondary N) is 4. The van der Waals surface area contributed by atoms with Crippen LogP contribution in [0.5, 0.6) is 0 Å². The molecule has 1 unspecified atom stereocenters. The van der Waals surface area contributed by atoms with Gasteiger partial charge in [0.1, 0.15) is 109 Å². The summed E-state index contributed by atoms with van der Waals surface area (Å²) in [6.45, 7) is 26.2. The van der Waals surface area contributed by atoms with Gasteiger partial charge in [0.15, 0.2) is 25.2 Å². The number of esters is 1. The first-order valence-corrected chi connectivity index (χ1v) is 45.8. The second-order valence-corrected chi connectivity index (χ2v) is 37.4. The van der Waals surface area contributed by atoms with Crippen molar-refractivity contribution < 1.29 is 148 Å². The number of nitrogens with zero attached hydrogens (tertiary/aromatic N) is 4. The van der Waals surface area contributed by atoms with Crippen LogP contribution in [0.2, 0.25) is 0 Å². The van der Waals surface area contributed by atoms with Crippen LogP contribution in [0.25, 0.3) is 10.9 Å². The number of hydrogen-bond donors (Lipinski definition) is 24. The Labute approximate surface area is 760 Å². The average molecular weight is 1870 g/mol. The molecule has 1 aromatic carbocycles. The minimum absolute atomic E-state index is 0.0101. The summed E-state index contributed by atoms with van der Waals surface area (Å²) in [5.74, 6) is -5.18. The molecule has 2 saturated carbocycles. The number of pyridine rings is 1. The average Bonchev–Trinajstić information content (AvgIpc) is 1.37. The number of methoxy groups -OCH3 is 1. The van der Waals surface area contributed by atoms with Gasteiger partial charge in [-0.3, -0.25) is 14.4 Å². The minimum atomic E-state index is -1.80. The maximum Gasteiger partial charge on any atom is 0.341 e. The molecule has 6 saturated heterocycles. The number of anilines is 1. The SMILES string of the molecule is CC[C@@H](CO)NCCN[C@@H](CC)CO.CC[C@H]1OC(=O)[C@H](C)[C@@H](O[C@H]2C[C@@](C)(OC)[C@@H](O)[C@H](C)O2)C(C)[C@@H](O[C@@H]2O[C@H](C)C[C@H](N(C)C)[C@H]2O)[C@](C)(O)C[C@@H](C)CN(C)[C@H](C)[C@@H](O)[C@]1(C)O.NCC[C@H](O)C(=O)N[C@@H]1C[C@H](N)[C@@H](O[C@H]2O[C@H](CN)[C@@H](O)[C@H](O)[C@H]2O)[C@H](O)[C@H]1O[C@H]1O[C@H](CO)[C@@H](O)[C@H](N)[C@H]1O.O=C(O)c1cn(C2CC2)c2cc(N3CCNCC3)c(F)cc2c1=O. The lowest BCUT2D eigenvalue weighted by Gasteiger charge is -2.49. The van der Waals surface area contributed by atoms with E-state index < -0.39 is 224 Å². The van der Waals surface area contributed by atoms with Crippen LogP contribution in [0.15, 0.2) is 23.1 Å². The number of benzene rings is 1. The molecule has 8 aliphatic rings. The number of carbonyl (C=O) groups is 3. The van der Waals surface area contributed by atoms with Gasteiger partial charge in [-0.2, -0.15) is 0 Å². The standard InChI is InChI=1S/C38H72N2O12.C22H43N5O13.C17H18FN3O3.C10H24N2O2/c1-15-27-38(10,46)31(42)24(6)40(13)19-20(2)17-36(8,45)33(52-35-29(41)26(39(11)12)16-21(3)48-35)22(4)30(23(5)34(44)50-27)51-28-18-37(9,47-14)32(43)25(7)49-28;23-2-1-8(29)20(36)27-7-3-6(25)18(39-22-16(34)15(33)13(31)9(4-24)37-22)17(35)19(7)40-21-14(32)11(26)12(30)10(5-28)38-21;18-13-7-11-14(8-15(13)20-5-3-19-4-6-20)21(10-1-2-10)9-12(16(11)22)17(23)24;1-3-9(7-13)11-5-6-12-10(4-2)8-14/h20-33,35,41-43,45-46H,15-19H2,1-14H3;6-19,21-22,28-35H,1-5,23-26H2,(H,27,36);7-10,19H,1-6H2,(H,23,24);9-14H,3-8H2,1-2H3/t20-,21-,22?,23-,24-,25+,26+,27-,28+,29-,30+,31-,32+,33-,35+,36-,37-,38-;6-,7+,8-,9+,10+,11-,12+,13+,14+,15-,16+,17-,18+,19-,21+,22+;;9-,10-/m10.0/s1. The number of ether oxygens (including phenoxy) is 10. The summed E-state index contributed by atoms with van der Waals surface area (Å²) in [7, 11) is 7.12. The molecule has 0 bridgehead atoms. The van der Waals surface area contributed by atoms with Gasteiger partial charge in [0.2, 0.25) is 11.3 Å². The normalized spacial score (nSPS) is 39.3. The number of carboxylic acid groups (broad SMARTS) is 1. The monoisotopic (exact) mass is 1870 g/mol. The van der Waals surface area contributed by atoms with Crippen molar-refractivity contribution in [3.05, 3.63) is 39.9 Å². The maximum absolute atomic E-state index is 14.6. The molecule has 7 heterocycles. The highest BCUT2D eigenvalue weighted by Crippen LogP contribution is 2.43. The largest absolute Gasteiger partial charge is 0.477 e. The molecule has 28 N–H and O–H groups in total. The first-order chi connectivity index (χ1) is 61.1. The molecule has 42 nitrogen and oxygen atoms in total. The maximum atomic E-state index is 14.6. The summed E-state index contributed by atoms with van der Waals surface area (Å²) >= 11 is 0. The van der Waals surface area contributed by atoms with Crippen LogP contribution in [0.4, 0.5) is 10.1 Å². The molecular formula is C87H157FN12O30. The van der Waals surface area contributed by atoms with Crippen LogP contribution in [0.1, 0.15) is 164 Å². The zero-order chi connectivity index (χ0) is 97.2. The van der Waals surface area contributed by atoms with Gasteiger partial charge in [-0.25, -0.2) is 9.18 Å². The Hall–Kier alpha value is -4.75. The van der Waals surface area contributed by atoms with Crippen LogP contribution < -0.4 is 54.5 Å². The predicted molar refractivity (Wildman–Crippen MR) is 472 cm³/mol. The van der Waals surface area contributed by atoms with Crippen molar-refractivity contribution in [2.45, 2.75) is 354 Å². The number of aromatic nitrogens is 1. The van der Waals surface area contributed by atoms with Gasteiger partial charge in [0.05, 0.1) is 84.6 Å². The van der Waals surface area contributed by atoms with Crippen molar-refractivity contribution in [3.63, 3.8) is 0 Å². The van der Waals surface area contributed by atoms with Crippen LogP contribution >= 0.6 is 0 Å². The number of amides is 1. The molecule has 36 atom stereocenters. The van der Waals surface area contributed by atoms with E-state index in [-0.39, 0.29) is 106 Å². The van der Waals surface area contributed by atoms with E-state index in [0.717, 1.165) is 51.9 Å². The summed E-state index contributed by atoms with van der Waals surface area (Å²) in [5.41, 5.74) is 18.9. The van der Waals surface area contributed by atoms with Crippen LogP contribution in [-0.2, 0) is 57.0 Å². The number of fused-ring (bicyclic) bond motifs is 1. The minimum Gasteiger partial charge on any atom is -0.477 e. The third kappa shape index (κ3) is 28.3. The number of piperazine rings is 1. The number of carboxylic acids is 1. The van der Waals surface area contributed by atoms with E-state index in [1.165, 1.54) is 26.3 Å². The fourth-order valence-electron chi connectivity index (χ4n) is 18.3. The number of carbonyl (C=O) groups excluding carboxylic acids is 2. The highest BCUT2D eigenvalue weighted by atomic mass is 19.1. The van der Waals surface area contributed by atoms with Crippen LogP contribution in [0, 0.1) is 23.6 Å². The summed E-state index contributed by atoms with van der Waals surface area (Å²) in [6.07, 6.45) is -22.8. The lowest BCUT2D eigenvalue weighted by atomic mass is 9.77. The van der Waals surface area contributed by atoms with Gasteiger partial charge < -0.3 is 193 Å². The summed E-state index contributed by atoms with van der Waals surface area (Å²) in [6, 6.07) is -0.784. The number of likely N-dealkylation sites (N-methyl/N-ethyl adjacent to an activating group) is 2. The Balaban J connectivity index is 0.000000259. The number of hydrogen-bond acceptors (Lipinski definition) is 39. The van der Waals surface area contributed by atoms with Crippen molar-refractivity contribution >= 4 is 34.4 Å². The molecule has 8 fully saturated rings. The lowest BCUT2D eigenvalue weighted by Crippen LogP contribution is -2.69. The predicted octanol–water partition coefficient (Wildman–Crippen LogP) is -5.23. The van der Waals surface area contributed by atoms with Gasteiger partial charge >= 0.3 is 11.9 Å². The van der Waals surface area contributed by atoms with E-state index >= 15 is 0 Å². The Morgan fingerprint density at radius 2 is 1.32 bits per heavy atom. The molecule has 130 heavy (non-hydrogen) atoms. The first kappa shape index (κ1) is 112. The van der Waals surface area contributed by atoms with E-state index in [9.17, 15) is 95.1 Å². The number of aliphatic hydroxyl groups excluding tert-OH is 13. The van der Waals surface area contributed by atoms with Gasteiger partial charge in [0.25, 0.3) is 0 Å². The van der Waals surface area contributed by atoms with Crippen molar-refractivity contribution in [1.29, 1.82) is 0 Å². The third-order valence-electron chi connectivity index (χ3n) is 26.9. The summed E-state index contributed by atoms with van der Waals surface area (Å²) in [4.78, 5) is 56.3. The highest BCUT2D eigenvalue weighted by molar-refractivity contribution is 5.93. The Kier molecular flexibility index (Phi) is 43.6. The lowest BCUT2D eigenvalue weighted by molar-refractivity contribution is -0.332. The van der Waals surface area contributed by atoms with Gasteiger partial charge in [-0.05, 0) is 152 Å². The molecule has 1 amide bonds. The molecular weight excluding hydrogens is 1710 g/mol. The van der Waals surface area contributed by atoms with E-state index in [0.29, 0.717) is 37.3 Å². The number of aliphatic hydroxyl groups is 15. The van der Waals surface area contributed by atoms with E-state index in [4.69, 9.17) is 80.5 Å². The Morgan fingerprint density at radius 3 is 1.87 bits per heavy atom. The smallest absolute Gasteiger partial charge is 0.341 e. The van der Waals surface area contributed by atoms with Crippen molar-refractivity contribution in [2.75, 3.05) is 112 Å². The zero-order valence-electron chi connectivity index (χ0n) is 78.3. The molecule has 43 heteroatoms. The summed E-state index contributed by atoms with van der Waals surface area (Å²) < 4.78 is 76.5. The number of aromatic carboxylic acids is 1. The van der Waals surface area contributed by atoms with Crippen molar-refractivity contribution in [2.24, 2.45) is 40.7 Å². The second-order valence-electron chi connectivity index (χ2n) is 37.4. The van der Waals surface area contributed by atoms with Gasteiger partial charge in [-0.1, -0.05) is 34.6 Å². The molecule has 10 rings (SSSR count). The number of cyclic esters (lactones) is 1. The highest BCUT2D eigenvalue weighted by Gasteiger charge is 2.56. The van der Waals surface area contributed by atoms with Crippen LogP contribution in [-0.4, -0.2) is 421 Å². The topological polar surface area (TPSA) is 651 Å². The Bertz CT molecular complexity index is 3810. The first-order valence-electron chi connectivity index (χ1n) is 45.8. The number of rotatable bonds is 29. The summed E-state index contributed by atoms with van der Waals surface area (Å²) in [5, 5.41) is 180. The third-order valence-corrected chi connectivity index (χ3v) is 26.9. The fourth-order valence-corrected chi connectivity index (χ4v) is 18.3. The zero-order valence-corrected chi connectivity index (χ0v) is 78.3. The van der Waals surface area contributed by atoms with Crippen molar-refractivity contribution in [3.8, 4) is 0 Å². The molecule has 1 aromatic heterocycles. The molecule has 752 valence electrons. The molecule has 2 aliphatic carbocycles. The van der Waals surface area contributed by atoms with Gasteiger partial charge in [-0.15, -0.1) is 0 Å². The quantitative estimate of drug-likeness (QED) is 0.0267. The van der Waals surface area contributed by atoms with E-state index in [1.54, 1.807) is 47.6 Å². The number of nitrogens with two attached hydrogens (primary N) is 4. The van der Waals surface area contributed by atoms with Crippen molar-refractivity contribution in [1.82, 2.24) is 35.6 Å². The van der Waals surface area contributed by atoms with Gasteiger partial charge in [0, 0.05) is 120 Å². The molecule has 2 aromatic rings. The second kappa shape index (κ2) is 50.5. The van der Waals surface area contributed by atoms with E-state index in [2.05, 4.69) is 21.3 Å². The molecule has 0 spiro atoms. The number of halogens is 1. The Morgan fingerprint density at radius 1 is 0.731 bits per heavy atom. The van der Waals surface area contributed by atoms with Crippen LogP contribution in [0.3, 0.4) is 0 Å². The van der Waals surface area contributed by atoms with E-state index in [1.807, 2.05) is 75.0 Å².